The molecule has 0 N–H and O–H groups in total. The van der Waals surface area contributed by atoms with E-state index in [1.165, 1.54) is 23.1 Å². The van der Waals surface area contributed by atoms with Gasteiger partial charge in [0.05, 0.1) is 15.6 Å². The van der Waals surface area contributed by atoms with Crippen LogP contribution in [0.5, 0.6) is 0 Å². The van der Waals surface area contributed by atoms with Crippen LogP contribution in [0.4, 0.5) is 10.8 Å². The number of carbonyl (C=O) groups is 1. The maximum absolute atomic E-state index is 13.3. The van der Waals surface area contributed by atoms with Crippen molar-refractivity contribution >= 4 is 62.7 Å². The molecule has 2 aromatic carbocycles. The van der Waals surface area contributed by atoms with Gasteiger partial charge in [0.2, 0.25) is 5.13 Å². The van der Waals surface area contributed by atoms with Gasteiger partial charge in [0.25, 0.3) is 5.91 Å². The van der Waals surface area contributed by atoms with Gasteiger partial charge >= 0.3 is 0 Å². The molecule has 1 fully saturated rings. The Hall–Kier alpha value is -3.13. The lowest BCUT2D eigenvalue weighted by Crippen LogP contribution is -2.28. The second-order valence-electron chi connectivity index (χ2n) is 6.48. The lowest BCUT2D eigenvalue weighted by atomic mass is 10.2. The largest absolute Gasteiger partial charge is 0.457 e. The Bertz CT molecular complexity index is 1300. The maximum atomic E-state index is 13.3. The Morgan fingerprint density at radius 2 is 1.84 bits per heavy atom. The SMILES string of the molecule is O=C1/C(=C\c2ccc(-c3ccccc3Cl)o2)S/C(=N/c2nccs2)N1c1ccccc1. The third-order valence-electron chi connectivity index (χ3n) is 4.47. The molecule has 3 heterocycles. The van der Waals surface area contributed by atoms with E-state index in [2.05, 4.69) is 9.98 Å². The molecule has 31 heavy (non-hydrogen) atoms. The van der Waals surface area contributed by atoms with Crippen LogP contribution in [0.1, 0.15) is 5.76 Å². The van der Waals surface area contributed by atoms with Crippen molar-refractivity contribution in [3.8, 4) is 11.3 Å². The van der Waals surface area contributed by atoms with E-state index >= 15 is 0 Å². The fourth-order valence-electron chi connectivity index (χ4n) is 3.07. The molecule has 1 aliphatic heterocycles. The van der Waals surface area contributed by atoms with Gasteiger partial charge in [-0.05, 0) is 48.2 Å². The number of aromatic nitrogens is 1. The van der Waals surface area contributed by atoms with Gasteiger partial charge in [-0.3, -0.25) is 9.69 Å². The number of hydrogen-bond acceptors (Lipinski definition) is 6. The molecule has 2 aromatic heterocycles. The highest BCUT2D eigenvalue weighted by Gasteiger charge is 2.35. The second-order valence-corrected chi connectivity index (χ2v) is 8.77. The van der Waals surface area contributed by atoms with Crippen LogP contribution < -0.4 is 4.90 Å². The van der Waals surface area contributed by atoms with Crippen molar-refractivity contribution in [1.29, 1.82) is 0 Å². The van der Waals surface area contributed by atoms with Crippen LogP contribution >= 0.6 is 34.7 Å². The van der Waals surface area contributed by atoms with Gasteiger partial charge in [-0.15, -0.1) is 11.3 Å². The first-order valence-corrected chi connectivity index (χ1v) is 11.4. The molecule has 5 nitrogen and oxygen atoms in total. The molecular formula is C23H14ClN3O2S2. The molecule has 0 spiro atoms. The van der Waals surface area contributed by atoms with E-state index in [0.717, 1.165) is 11.3 Å². The third-order valence-corrected chi connectivity index (χ3v) is 6.43. The van der Waals surface area contributed by atoms with Crippen molar-refractivity contribution in [3.63, 3.8) is 0 Å². The minimum absolute atomic E-state index is 0.165. The molecule has 152 valence electrons. The summed E-state index contributed by atoms with van der Waals surface area (Å²) in [5.41, 5.74) is 1.55. The van der Waals surface area contributed by atoms with E-state index in [9.17, 15) is 4.79 Å². The Balaban J connectivity index is 1.51. The quantitative estimate of drug-likeness (QED) is 0.310. The van der Waals surface area contributed by atoms with Gasteiger partial charge in [-0.25, -0.2) is 4.98 Å². The summed E-state index contributed by atoms with van der Waals surface area (Å²) in [6.07, 6.45) is 3.42. The summed E-state index contributed by atoms with van der Waals surface area (Å²) in [6, 6.07) is 20.6. The maximum Gasteiger partial charge on any atom is 0.271 e. The first-order valence-electron chi connectivity index (χ1n) is 9.31. The number of anilines is 1. The van der Waals surface area contributed by atoms with E-state index in [-0.39, 0.29) is 5.91 Å². The number of hydrogen-bond donors (Lipinski definition) is 0. The highest BCUT2D eigenvalue weighted by atomic mass is 35.5. The highest BCUT2D eigenvalue weighted by molar-refractivity contribution is 8.19. The fourth-order valence-corrected chi connectivity index (χ4v) is 4.82. The molecular weight excluding hydrogens is 450 g/mol. The smallest absolute Gasteiger partial charge is 0.271 e. The highest BCUT2D eigenvalue weighted by Crippen LogP contribution is 2.38. The van der Waals surface area contributed by atoms with Gasteiger partial charge in [0, 0.05) is 23.2 Å². The summed E-state index contributed by atoms with van der Waals surface area (Å²) in [4.78, 5) is 24.2. The number of thiazole rings is 1. The van der Waals surface area contributed by atoms with Crippen LogP contribution in [0.3, 0.4) is 0 Å². The predicted molar refractivity (Wildman–Crippen MR) is 128 cm³/mol. The Morgan fingerprint density at radius 3 is 2.61 bits per heavy atom. The summed E-state index contributed by atoms with van der Waals surface area (Å²) in [7, 11) is 0. The van der Waals surface area contributed by atoms with Crippen LogP contribution in [-0.4, -0.2) is 16.1 Å². The summed E-state index contributed by atoms with van der Waals surface area (Å²) in [6.45, 7) is 0. The average molecular weight is 464 g/mol. The van der Waals surface area contributed by atoms with Crippen molar-refractivity contribution in [2.45, 2.75) is 0 Å². The normalized spacial score (nSPS) is 16.5. The van der Waals surface area contributed by atoms with Crippen LogP contribution in [-0.2, 0) is 4.79 Å². The van der Waals surface area contributed by atoms with Crippen LogP contribution in [0.25, 0.3) is 17.4 Å². The molecule has 0 saturated carbocycles. The number of rotatable bonds is 4. The molecule has 8 heteroatoms. The number of benzene rings is 2. The van der Waals surface area contributed by atoms with Crippen LogP contribution in [0, 0.1) is 0 Å². The van der Waals surface area contributed by atoms with E-state index in [0.29, 0.717) is 31.7 Å². The number of furan rings is 1. The van der Waals surface area contributed by atoms with E-state index < -0.39 is 0 Å². The van der Waals surface area contributed by atoms with E-state index in [1.807, 2.05) is 72.1 Å². The lowest BCUT2D eigenvalue weighted by molar-refractivity contribution is -0.113. The summed E-state index contributed by atoms with van der Waals surface area (Å²) in [5.74, 6) is 1.04. The zero-order chi connectivity index (χ0) is 21.2. The molecule has 5 rings (SSSR count). The second kappa shape index (κ2) is 8.55. The van der Waals surface area contributed by atoms with Gasteiger partial charge in [-0.2, -0.15) is 4.99 Å². The Kier molecular flexibility index (Phi) is 5.46. The monoisotopic (exact) mass is 463 g/mol. The molecule has 0 bridgehead atoms. The molecule has 1 aliphatic rings. The zero-order valence-corrected chi connectivity index (χ0v) is 18.3. The minimum Gasteiger partial charge on any atom is -0.457 e. The number of halogens is 1. The number of para-hydroxylation sites is 1. The van der Waals surface area contributed by atoms with E-state index in [1.54, 1.807) is 17.2 Å². The van der Waals surface area contributed by atoms with Crippen molar-refractivity contribution in [2.24, 2.45) is 4.99 Å². The molecule has 0 aliphatic carbocycles. The molecule has 0 atom stereocenters. The first-order chi connectivity index (χ1) is 15.2. The van der Waals surface area contributed by atoms with Crippen LogP contribution in [0.2, 0.25) is 5.02 Å². The summed E-state index contributed by atoms with van der Waals surface area (Å²) < 4.78 is 5.95. The molecule has 1 amide bonds. The topological polar surface area (TPSA) is 58.7 Å². The molecule has 4 aromatic rings. The average Bonchev–Trinajstić information content (AvgIpc) is 3.52. The predicted octanol–water partition coefficient (Wildman–Crippen LogP) is 6.87. The number of nitrogens with zero attached hydrogens (tertiary/aromatic N) is 3. The van der Waals surface area contributed by atoms with Crippen molar-refractivity contribution in [1.82, 2.24) is 4.98 Å². The van der Waals surface area contributed by atoms with Crippen molar-refractivity contribution in [2.75, 3.05) is 4.90 Å². The molecule has 0 unspecified atom stereocenters. The minimum atomic E-state index is -0.165. The van der Waals surface area contributed by atoms with Crippen LogP contribution in [0.15, 0.2) is 92.6 Å². The number of amidine groups is 1. The van der Waals surface area contributed by atoms with Gasteiger partial charge in [-0.1, -0.05) is 41.9 Å². The zero-order valence-electron chi connectivity index (χ0n) is 15.9. The van der Waals surface area contributed by atoms with Gasteiger partial charge in [0.15, 0.2) is 5.17 Å². The number of carbonyl (C=O) groups excluding carboxylic acids is 1. The molecule has 0 radical (unpaired) electrons. The number of amides is 1. The van der Waals surface area contributed by atoms with Gasteiger partial charge < -0.3 is 4.42 Å². The fraction of sp³-hybridized carbons (Fsp3) is 0. The van der Waals surface area contributed by atoms with Crippen molar-refractivity contribution < 1.29 is 9.21 Å². The third kappa shape index (κ3) is 4.07. The van der Waals surface area contributed by atoms with E-state index in [4.69, 9.17) is 16.0 Å². The van der Waals surface area contributed by atoms with Crippen molar-refractivity contribution in [3.05, 3.63) is 94.0 Å². The summed E-state index contributed by atoms with van der Waals surface area (Å²) >= 11 is 8.98. The first kappa shape index (κ1) is 19.8. The molecule has 1 saturated heterocycles. The number of aliphatic imine (C=N–C) groups is 1. The van der Waals surface area contributed by atoms with Gasteiger partial charge in [0.1, 0.15) is 11.5 Å². The Morgan fingerprint density at radius 1 is 1.03 bits per heavy atom. The Labute approximate surface area is 191 Å². The lowest BCUT2D eigenvalue weighted by Gasteiger charge is -2.14. The standard InChI is InChI=1S/C23H14ClN3O2S2/c24-18-9-5-4-8-17(18)19-11-10-16(29-19)14-20-21(28)27(15-6-2-1-3-7-15)23(31-20)26-22-25-12-13-30-22/h1-14H/b20-14+,26-23+. The summed E-state index contributed by atoms with van der Waals surface area (Å²) in [5, 5.41) is 3.60. The number of thioether (sulfide) groups is 1.